The zero-order chi connectivity index (χ0) is 12.1. The van der Waals surface area contributed by atoms with E-state index in [-0.39, 0.29) is 6.04 Å². The van der Waals surface area contributed by atoms with Gasteiger partial charge in [0.05, 0.1) is 0 Å². The first-order valence-corrected chi connectivity index (χ1v) is 5.99. The lowest BCUT2D eigenvalue weighted by Gasteiger charge is -2.16. The zero-order valence-corrected chi connectivity index (χ0v) is 10.5. The van der Waals surface area contributed by atoms with Crippen LogP contribution in [-0.4, -0.2) is 12.0 Å². The van der Waals surface area contributed by atoms with E-state index in [0.717, 1.165) is 11.4 Å². The summed E-state index contributed by atoms with van der Waals surface area (Å²) in [6.45, 7) is 0. The highest BCUT2D eigenvalue weighted by Gasteiger charge is 2.10. The second-order valence-electron chi connectivity index (χ2n) is 3.96. The lowest BCUT2D eigenvalue weighted by molar-refractivity contribution is 0.591. The first kappa shape index (κ1) is 12.1. The van der Waals surface area contributed by atoms with E-state index in [1.165, 1.54) is 11.1 Å². The van der Waals surface area contributed by atoms with Crippen LogP contribution in [0.2, 0.25) is 5.02 Å². The molecule has 0 saturated carbocycles. The third kappa shape index (κ3) is 3.29. The molecule has 1 aromatic carbocycles. The van der Waals surface area contributed by atoms with E-state index in [2.05, 4.69) is 22.4 Å². The summed E-state index contributed by atoms with van der Waals surface area (Å²) in [7, 11) is 1.96. The molecule has 0 aliphatic carbocycles. The molecular weight excluding hydrogens is 232 g/mol. The van der Waals surface area contributed by atoms with Crippen LogP contribution in [0.25, 0.3) is 0 Å². The Kier molecular flexibility index (Phi) is 4.13. The third-order valence-electron chi connectivity index (χ3n) is 2.76. The van der Waals surface area contributed by atoms with Gasteiger partial charge in [-0.2, -0.15) is 0 Å². The van der Waals surface area contributed by atoms with Crippen molar-refractivity contribution in [2.75, 3.05) is 7.05 Å². The van der Waals surface area contributed by atoms with Crippen LogP contribution in [0.4, 0.5) is 0 Å². The van der Waals surface area contributed by atoms with Crippen molar-refractivity contribution in [3.8, 4) is 0 Å². The van der Waals surface area contributed by atoms with Gasteiger partial charge in [0, 0.05) is 23.5 Å². The molecule has 2 rings (SSSR count). The number of hydrogen-bond donors (Lipinski definition) is 1. The van der Waals surface area contributed by atoms with Gasteiger partial charge in [0.15, 0.2) is 0 Å². The highest BCUT2D eigenvalue weighted by Crippen LogP contribution is 2.20. The molecule has 2 aromatic rings. The number of rotatable bonds is 4. The standard InChI is InChI=1S/C14H15ClN2/c1-16-14(8-11-4-3-7-17-10-11)12-5-2-6-13(15)9-12/h2-7,9-10,14,16H,8H2,1H3. The van der Waals surface area contributed by atoms with Gasteiger partial charge < -0.3 is 5.32 Å². The van der Waals surface area contributed by atoms with Gasteiger partial charge in [-0.3, -0.25) is 4.98 Å². The fourth-order valence-corrected chi connectivity index (χ4v) is 2.06. The van der Waals surface area contributed by atoms with E-state index in [9.17, 15) is 0 Å². The monoisotopic (exact) mass is 246 g/mol. The van der Waals surface area contributed by atoms with E-state index < -0.39 is 0 Å². The van der Waals surface area contributed by atoms with Crippen LogP contribution in [-0.2, 0) is 6.42 Å². The van der Waals surface area contributed by atoms with Gasteiger partial charge >= 0.3 is 0 Å². The summed E-state index contributed by atoms with van der Waals surface area (Å²) < 4.78 is 0. The molecule has 0 fully saturated rings. The van der Waals surface area contributed by atoms with Gasteiger partial charge in [-0.05, 0) is 42.8 Å². The average molecular weight is 247 g/mol. The lowest BCUT2D eigenvalue weighted by Crippen LogP contribution is -2.18. The summed E-state index contributed by atoms with van der Waals surface area (Å²) in [6, 6.07) is 12.3. The van der Waals surface area contributed by atoms with Crippen LogP contribution >= 0.6 is 11.6 Å². The Labute approximate surface area is 107 Å². The van der Waals surface area contributed by atoms with Crippen molar-refractivity contribution in [2.45, 2.75) is 12.5 Å². The van der Waals surface area contributed by atoms with Gasteiger partial charge in [-0.25, -0.2) is 0 Å². The first-order chi connectivity index (χ1) is 8.29. The molecule has 0 bridgehead atoms. The van der Waals surface area contributed by atoms with E-state index in [0.29, 0.717) is 0 Å². The molecule has 1 aromatic heterocycles. The molecule has 17 heavy (non-hydrogen) atoms. The van der Waals surface area contributed by atoms with Crippen LogP contribution in [0.5, 0.6) is 0 Å². The SMILES string of the molecule is CNC(Cc1cccnc1)c1cccc(Cl)c1. The van der Waals surface area contributed by atoms with Crippen LogP contribution in [0, 0.1) is 0 Å². The molecule has 0 radical (unpaired) electrons. The summed E-state index contributed by atoms with van der Waals surface area (Å²) in [5.74, 6) is 0. The summed E-state index contributed by atoms with van der Waals surface area (Å²) in [4.78, 5) is 4.13. The van der Waals surface area contributed by atoms with E-state index >= 15 is 0 Å². The van der Waals surface area contributed by atoms with Crippen molar-refractivity contribution >= 4 is 11.6 Å². The fourth-order valence-electron chi connectivity index (χ4n) is 1.86. The minimum Gasteiger partial charge on any atom is -0.313 e. The fraction of sp³-hybridized carbons (Fsp3) is 0.214. The molecule has 0 saturated heterocycles. The Bertz CT molecular complexity index is 471. The smallest absolute Gasteiger partial charge is 0.0409 e. The van der Waals surface area contributed by atoms with E-state index in [4.69, 9.17) is 11.6 Å². The number of aromatic nitrogens is 1. The Morgan fingerprint density at radius 1 is 1.29 bits per heavy atom. The number of benzene rings is 1. The molecule has 1 unspecified atom stereocenters. The number of pyridine rings is 1. The lowest BCUT2D eigenvalue weighted by atomic mass is 10.0. The largest absolute Gasteiger partial charge is 0.313 e. The molecule has 3 heteroatoms. The maximum Gasteiger partial charge on any atom is 0.0409 e. The van der Waals surface area contributed by atoms with Crippen molar-refractivity contribution in [2.24, 2.45) is 0 Å². The molecule has 1 atom stereocenters. The summed E-state index contributed by atoms with van der Waals surface area (Å²) in [5, 5.41) is 4.08. The minimum atomic E-state index is 0.262. The van der Waals surface area contributed by atoms with Crippen molar-refractivity contribution in [1.82, 2.24) is 10.3 Å². The highest BCUT2D eigenvalue weighted by molar-refractivity contribution is 6.30. The van der Waals surface area contributed by atoms with Crippen LogP contribution in [0.1, 0.15) is 17.2 Å². The molecule has 0 aliphatic heterocycles. The number of hydrogen-bond acceptors (Lipinski definition) is 2. The predicted octanol–water partition coefficient (Wildman–Crippen LogP) is 3.24. The molecule has 0 aliphatic rings. The summed E-state index contributed by atoms with van der Waals surface area (Å²) in [5.41, 5.74) is 2.41. The second kappa shape index (κ2) is 5.80. The first-order valence-electron chi connectivity index (χ1n) is 5.61. The topological polar surface area (TPSA) is 24.9 Å². The average Bonchev–Trinajstić information content (AvgIpc) is 2.37. The van der Waals surface area contributed by atoms with Crippen molar-refractivity contribution in [3.05, 3.63) is 64.9 Å². The van der Waals surface area contributed by atoms with Gasteiger partial charge in [0.25, 0.3) is 0 Å². The molecule has 88 valence electrons. The number of nitrogens with zero attached hydrogens (tertiary/aromatic N) is 1. The van der Waals surface area contributed by atoms with Crippen molar-refractivity contribution < 1.29 is 0 Å². The van der Waals surface area contributed by atoms with Gasteiger partial charge in [-0.1, -0.05) is 29.8 Å². The molecule has 0 spiro atoms. The Morgan fingerprint density at radius 2 is 2.18 bits per heavy atom. The Hall–Kier alpha value is -1.38. The molecule has 2 nitrogen and oxygen atoms in total. The number of nitrogens with one attached hydrogen (secondary N) is 1. The Balaban J connectivity index is 2.17. The predicted molar refractivity (Wildman–Crippen MR) is 71.2 cm³/mol. The maximum absolute atomic E-state index is 6.01. The summed E-state index contributed by atoms with van der Waals surface area (Å²) >= 11 is 6.01. The molecule has 0 amide bonds. The number of likely N-dealkylation sites (N-methyl/N-ethyl adjacent to an activating group) is 1. The van der Waals surface area contributed by atoms with E-state index in [1.807, 2.05) is 37.5 Å². The Morgan fingerprint density at radius 3 is 2.82 bits per heavy atom. The van der Waals surface area contributed by atoms with Crippen molar-refractivity contribution in [3.63, 3.8) is 0 Å². The number of halogens is 1. The normalized spacial score (nSPS) is 12.4. The second-order valence-corrected chi connectivity index (χ2v) is 4.40. The van der Waals surface area contributed by atoms with Crippen LogP contribution < -0.4 is 5.32 Å². The third-order valence-corrected chi connectivity index (χ3v) is 3.00. The maximum atomic E-state index is 6.01. The van der Waals surface area contributed by atoms with Crippen molar-refractivity contribution in [1.29, 1.82) is 0 Å². The van der Waals surface area contributed by atoms with Gasteiger partial charge in [-0.15, -0.1) is 0 Å². The van der Waals surface area contributed by atoms with Gasteiger partial charge in [0.1, 0.15) is 0 Å². The highest BCUT2D eigenvalue weighted by atomic mass is 35.5. The van der Waals surface area contributed by atoms with Crippen LogP contribution in [0.15, 0.2) is 48.8 Å². The zero-order valence-electron chi connectivity index (χ0n) is 9.73. The molecular formula is C14H15ClN2. The molecule has 1 N–H and O–H groups in total. The molecule has 1 heterocycles. The van der Waals surface area contributed by atoms with Gasteiger partial charge in [0.2, 0.25) is 0 Å². The van der Waals surface area contributed by atoms with E-state index in [1.54, 1.807) is 6.20 Å². The summed E-state index contributed by atoms with van der Waals surface area (Å²) in [6.07, 6.45) is 4.59. The minimum absolute atomic E-state index is 0.262. The van der Waals surface area contributed by atoms with Crippen LogP contribution in [0.3, 0.4) is 0 Å². The quantitative estimate of drug-likeness (QED) is 0.896.